The lowest BCUT2D eigenvalue weighted by molar-refractivity contribution is -0.0211. The molecule has 11 nitrogen and oxygen atoms in total. The van der Waals surface area contributed by atoms with Gasteiger partial charge in [0, 0.05) is 50.2 Å². The van der Waals surface area contributed by atoms with Crippen molar-refractivity contribution in [3.8, 4) is 11.5 Å². The van der Waals surface area contributed by atoms with Gasteiger partial charge in [-0.1, -0.05) is 0 Å². The van der Waals surface area contributed by atoms with Crippen LogP contribution in [-0.2, 0) is 16.0 Å². The summed E-state index contributed by atoms with van der Waals surface area (Å²) in [4.78, 5) is 25.9. The fourth-order valence-electron chi connectivity index (χ4n) is 4.55. The fraction of sp³-hybridized carbons (Fsp3) is 0.444. The number of nitrogens with one attached hydrogen (secondary N) is 1. The summed E-state index contributed by atoms with van der Waals surface area (Å²) in [6.07, 6.45) is 3.10. The number of hydrogen-bond donors (Lipinski definition) is 1. The second kappa shape index (κ2) is 11.6. The SMILES string of the molecule is C=C(OC(C)(C)C)N1CCN(C(=O)OC)[C@@H](c2nc(Br)c3c(NCc4ccc(OC)cc4OC)nccn23)C1. The van der Waals surface area contributed by atoms with Crippen molar-refractivity contribution in [3.05, 3.63) is 59.0 Å². The summed E-state index contributed by atoms with van der Waals surface area (Å²) < 4.78 is 24.5. The van der Waals surface area contributed by atoms with Crippen LogP contribution in [0.4, 0.5) is 10.6 Å². The van der Waals surface area contributed by atoms with Crippen LogP contribution in [0.25, 0.3) is 5.52 Å². The topological polar surface area (TPSA) is 103 Å². The van der Waals surface area contributed by atoms with E-state index in [1.165, 1.54) is 7.11 Å². The van der Waals surface area contributed by atoms with Crippen LogP contribution >= 0.6 is 15.9 Å². The van der Waals surface area contributed by atoms with Crippen molar-refractivity contribution in [2.75, 3.05) is 46.3 Å². The van der Waals surface area contributed by atoms with Crippen LogP contribution in [-0.4, -0.2) is 76.8 Å². The molecule has 1 aromatic carbocycles. The van der Waals surface area contributed by atoms with E-state index >= 15 is 0 Å². The number of fused-ring (bicyclic) bond motifs is 1. The van der Waals surface area contributed by atoms with Gasteiger partial charge in [-0.3, -0.25) is 9.30 Å². The van der Waals surface area contributed by atoms with Gasteiger partial charge in [0.2, 0.25) is 0 Å². The molecule has 0 unspecified atom stereocenters. The Balaban J connectivity index is 1.66. The minimum atomic E-state index is -0.428. The molecule has 0 aliphatic carbocycles. The van der Waals surface area contributed by atoms with Crippen LogP contribution in [0.3, 0.4) is 0 Å². The maximum Gasteiger partial charge on any atom is 0.410 e. The first-order chi connectivity index (χ1) is 18.6. The third-order valence-corrected chi connectivity index (χ3v) is 6.90. The number of carbonyl (C=O) groups is 1. The number of anilines is 1. The number of hydrogen-bond acceptors (Lipinski definition) is 9. The highest BCUT2D eigenvalue weighted by molar-refractivity contribution is 9.10. The van der Waals surface area contributed by atoms with E-state index in [9.17, 15) is 4.79 Å². The van der Waals surface area contributed by atoms with Crippen molar-refractivity contribution in [2.24, 2.45) is 0 Å². The van der Waals surface area contributed by atoms with Gasteiger partial charge in [-0.15, -0.1) is 0 Å². The molecule has 1 fully saturated rings. The predicted molar refractivity (Wildman–Crippen MR) is 151 cm³/mol. The lowest BCUT2D eigenvalue weighted by atomic mass is 10.1. The van der Waals surface area contributed by atoms with Crippen LogP contribution in [0.2, 0.25) is 0 Å². The highest BCUT2D eigenvalue weighted by Crippen LogP contribution is 2.34. The van der Waals surface area contributed by atoms with Crippen molar-refractivity contribution < 1.29 is 23.7 Å². The first-order valence-electron chi connectivity index (χ1n) is 12.5. The molecule has 2 aromatic heterocycles. The molecule has 0 bridgehead atoms. The maximum atomic E-state index is 12.8. The van der Waals surface area contributed by atoms with Gasteiger partial charge in [-0.25, -0.2) is 14.8 Å². The van der Waals surface area contributed by atoms with Crippen molar-refractivity contribution in [1.82, 2.24) is 24.2 Å². The summed E-state index contributed by atoms with van der Waals surface area (Å²) in [5.74, 6) is 3.25. The van der Waals surface area contributed by atoms with Gasteiger partial charge in [0.1, 0.15) is 39.1 Å². The molecule has 0 radical (unpaired) electrons. The highest BCUT2D eigenvalue weighted by Gasteiger charge is 2.37. The predicted octanol–water partition coefficient (Wildman–Crippen LogP) is 4.83. The molecule has 0 spiro atoms. The highest BCUT2D eigenvalue weighted by atomic mass is 79.9. The summed E-state index contributed by atoms with van der Waals surface area (Å²) in [7, 11) is 4.62. The number of imidazole rings is 1. The Morgan fingerprint density at radius 2 is 1.97 bits per heavy atom. The average Bonchev–Trinajstić information content (AvgIpc) is 3.26. The van der Waals surface area contributed by atoms with E-state index in [2.05, 4.69) is 32.8 Å². The van der Waals surface area contributed by atoms with Gasteiger partial charge in [0.05, 0.1) is 21.3 Å². The number of piperazine rings is 1. The van der Waals surface area contributed by atoms with Gasteiger partial charge >= 0.3 is 6.09 Å². The molecule has 4 rings (SSSR count). The average molecular weight is 604 g/mol. The Kier molecular flexibility index (Phi) is 8.43. The van der Waals surface area contributed by atoms with E-state index in [1.807, 2.05) is 54.5 Å². The van der Waals surface area contributed by atoms with E-state index in [4.69, 9.17) is 23.9 Å². The van der Waals surface area contributed by atoms with Crippen LogP contribution in [0, 0.1) is 0 Å². The fourth-order valence-corrected chi connectivity index (χ4v) is 5.11. The first kappa shape index (κ1) is 28.3. The minimum absolute atomic E-state index is 0.395. The van der Waals surface area contributed by atoms with Crippen molar-refractivity contribution in [1.29, 1.82) is 0 Å². The van der Waals surface area contributed by atoms with Gasteiger partial charge in [0.25, 0.3) is 0 Å². The third kappa shape index (κ3) is 6.16. The maximum absolute atomic E-state index is 12.8. The van der Waals surface area contributed by atoms with E-state index in [0.717, 1.165) is 11.1 Å². The molecule has 1 N–H and O–H groups in total. The number of halogens is 1. The Bertz CT molecular complexity index is 1350. The van der Waals surface area contributed by atoms with Gasteiger partial charge in [0.15, 0.2) is 11.7 Å². The number of carbonyl (C=O) groups excluding carboxylic acids is 1. The van der Waals surface area contributed by atoms with Crippen LogP contribution in [0.1, 0.15) is 38.2 Å². The number of benzene rings is 1. The van der Waals surface area contributed by atoms with E-state index < -0.39 is 17.7 Å². The third-order valence-electron chi connectivity index (χ3n) is 6.34. The number of aromatic nitrogens is 3. The summed E-state index contributed by atoms with van der Waals surface area (Å²) in [6, 6.07) is 5.24. The Morgan fingerprint density at radius 1 is 1.21 bits per heavy atom. The summed E-state index contributed by atoms with van der Waals surface area (Å²) >= 11 is 3.62. The Labute approximate surface area is 236 Å². The number of methoxy groups -OCH3 is 3. The lowest BCUT2D eigenvalue weighted by Gasteiger charge is -2.42. The molecule has 1 aliphatic heterocycles. The summed E-state index contributed by atoms with van der Waals surface area (Å²) in [5.41, 5.74) is 1.29. The van der Waals surface area contributed by atoms with Crippen molar-refractivity contribution in [3.63, 3.8) is 0 Å². The molecule has 1 amide bonds. The molecule has 39 heavy (non-hydrogen) atoms. The van der Waals surface area contributed by atoms with Crippen LogP contribution in [0.15, 0.2) is 47.7 Å². The number of amides is 1. The van der Waals surface area contributed by atoms with E-state index in [0.29, 0.717) is 59.8 Å². The zero-order chi connectivity index (χ0) is 28.3. The first-order valence-corrected chi connectivity index (χ1v) is 13.3. The van der Waals surface area contributed by atoms with E-state index in [-0.39, 0.29) is 0 Å². The van der Waals surface area contributed by atoms with Gasteiger partial charge < -0.3 is 29.2 Å². The molecular weight excluding hydrogens is 568 g/mol. The number of ether oxygens (including phenoxy) is 4. The monoisotopic (exact) mass is 602 g/mol. The molecule has 12 heteroatoms. The zero-order valence-electron chi connectivity index (χ0n) is 23.2. The molecule has 3 heterocycles. The molecule has 0 saturated carbocycles. The van der Waals surface area contributed by atoms with Crippen LogP contribution < -0.4 is 14.8 Å². The number of nitrogens with zero attached hydrogens (tertiary/aromatic N) is 5. The second-order valence-corrected chi connectivity index (χ2v) is 10.8. The van der Waals surface area contributed by atoms with Crippen LogP contribution in [0.5, 0.6) is 11.5 Å². The van der Waals surface area contributed by atoms with Crippen molar-refractivity contribution >= 4 is 33.4 Å². The number of rotatable bonds is 8. The molecule has 1 atom stereocenters. The molecular formula is C27H35BrN6O5. The lowest BCUT2D eigenvalue weighted by Crippen LogP contribution is -2.51. The summed E-state index contributed by atoms with van der Waals surface area (Å²) in [5, 5.41) is 3.40. The Morgan fingerprint density at radius 3 is 2.64 bits per heavy atom. The second-order valence-electron chi connectivity index (χ2n) is 10.0. The molecule has 3 aromatic rings. The standard InChI is InChI=1S/C27H35BrN6O5/c1-17(39-27(2,3)4)32-12-13-33(26(35)38-7)20(16-32)25-31-23(28)22-24(29-10-11-34(22)25)30-15-18-8-9-19(36-5)14-21(18)37-6/h8-11,14,20H,1,12-13,15-16H2,2-7H3,(H,29,30)/t20-/m1/s1. The van der Waals surface area contributed by atoms with Gasteiger partial charge in [-0.05, 0) is 55.4 Å². The van der Waals surface area contributed by atoms with Crippen molar-refractivity contribution in [2.45, 2.75) is 39.0 Å². The smallest absolute Gasteiger partial charge is 0.410 e. The Hall–Kier alpha value is -3.67. The molecule has 210 valence electrons. The normalized spacial score (nSPS) is 15.7. The van der Waals surface area contributed by atoms with Gasteiger partial charge in [-0.2, -0.15) is 0 Å². The molecule has 1 saturated heterocycles. The van der Waals surface area contributed by atoms with E-state index in [1.54, 1.807) is 25.3 Å². The minimum Gasteiger partial charge on any atom is -0.497 e. The summed E-state index contributed by atoms with van der Waals surface area (Å²) in [6.45, 7) is 11.9. The zero-order valence-corrected chi connectivity index (χ0v) is 24.7. The largest absolute Gasteiger partial charge is 0.497 e. The quantitative estimate of drug-likeness (QED) is 0.363. The molecule has 1 aliphatic rings.